The van der Waals surface area contributed by atoms with Gasteiger partial charge in [-0.2, -0.15) is 16.3 Å². The first-order valence-electron chi connectivity index (χ1n) is 7.76. The van der Waals surface area contributed by atoms with Crippen molar-refractivity contribution >= 4 is 23.3 Å². The lowest BCUT2D eigenvalue weighted by Gasteiger charge is -2.19. The number of hydrogen-bond donors (Lipinski definition) is 0. The number of carbonyl (C=O) groups excluding carboxylic acids is 2. The zero-order chi connectivity index (χ0) is 16.5. The van der Waals surface area contributed by atoms with Crippen molar-refractivity contribution in [3.8, 4) is 11.5 Å². The molecule has 4 heterocycles. The molecule has 0 aromatic carbocycles. The topological polar surface area (TPSA) is 88.8 Å². The molecule has 2 aliphatic rings. The largest absolute Gasteiger partial charge is 0.448 e. The van der Waals surface area contributed by atoms with Crippen LogP contribution in [0.2, 0.25) is 0 Å². The van der Waals surface area contributed by atoms with Crippen molar-refractivity contribution in [1.82, 2.24) is 19.9 Å². The first-order valence-corrected chi connectivity index (χ1v) is 8.70. The van der Waals surface area contributed by atoms with Gasteiger partial charge in [0, 0.05) is 24.4 Å². The summed E-state index contributed by atoms with van der Waals surface area (Å²) in [7, 11) is 0. The highest BCUT2D eigenvalue weighted by atomic mass is 32.1. The molecule has 1 atom stereocenters. The number of ether oxygens (including phenoxy) is 1. The number of cyclic esters (lactones) is 1. The Kier molecular flexibility index (Phi) is 3.93. The predicted molar refractivity (Wildman–Crippen MR) is 84.5 cm³/mol. The summed E-state index contributed by atoms with van der Waals surface area (Å²) in [4.78, 5) is 31.4. The van der Waals surface area contributed by atoms with Crippen LogP contribution in [0.3, 0.4) is 0 Å². The molecule has 0 radical (unpaired) electrons. The van der Waals surface area contributed by atoms with E-state index in [1.807, 2.05) is 16.8 Å². The van der Waals surface area contributed by atoms with E-state index >= 15 is 0 Å². The molecule has 0 spiro atoms. The van der Waals surface area contributed by atoms with Crippen LogP contribution in [0.15, 0.2) is 21.3 Å². The van der Waals surface area contributed by atoms with E-state index < -0.39 is 6.09 Å². The van der Waals surface area contributed by atoms with Crippen molar-refractivity contribution in [2.45, 2.75) is 12.3 Å². The second kappa shape index (κ2) is 6.23. The van der Waals surface area contributed by atoms with Gasteiger partial charge in [0.25, 0.3) is 5.89 Å². The number of amides is 2. The average Bonchev–Trinajstić information content (AvgIpc) is 3.35. The van der Waals surface area contributed by atoms with Crippen molar-refractivity contribution in [1.29, 1.82) is 0 Å². The lowest BCUT2D eigenvalue weighted by Crippen LogP contribution is -2.39. The van der Waals surface area contributed by atoms with Crippen molar-refractivity contribution in [3.63, 3.8) is 0 Å². The molecule has 2 fully saturated rings. The van der Waals surface area contributed by atoms with E-state index in [9.17, 15) is 9.59 Å². The number of hydrogen-bond acceptors (Lipinski definition) is 7. The first kappa shape index (κ1) is 15.1. The Labute approximate surface area is 142 Å². The number of likely N-dealkylation sites (tertiary alicyclic amines) is 1. The number of nitrogens with zero attached hydrogens (tertiary/aromatic N) is 4. The van der Waals surface area contributed by atoms with Crippen LogP contribution >= 0.6 is 11.3 Å². The number of aromatic nitrogens is 2. The summed E-state index contributed by atoms with van der Waals surface area (Å²) in [5, 5.41) is 7.97. The van der Waals surface area contributed by atoms with Crippen molar-refractivity contribution in [3.05, 3.63) is 22.7 Å². The molecule has 2 saturated heterocycles. The fourth-order valence-corrected chi connectivity index (χ4v) is 3.56. The zero-order valence-corrected chi connectivity index (χ0v) is 13.7. The molecular formula is C15H16N4O4S. The molecule has 2 aromatic heterocycles. The smallest absolute Gasteiger partial charge is 0.410 e. The summed E-state index contributed by atoms with van der Waals surface area (Å²) in [6.45, 7) is 2.07. The second-order valence-corrected chi connectivity index (χ2v) is 6.61. The van der Waals surface area contributed by atoms with Gasteiger partial charge in [0.05, 0.1) is 12.1 Å². The summed E-state index contributed by atoms with van der Waals surface area (Å²) < 4.78 is 10.2. The fraction of sp³-hybridized carbons (Fsp3) is 0.467. The lowest BCUT2D eigenvalue weighted by atomic mass is 10.1. The molecule has 0 N–H and O–H groups in total. The van der Waals surface area contributed by atoms with Crippen LogP contribution < -0.4 is 0 Å². The third-order valence-electron chi connectivity index (χ3n) is 4.29. The molecule has 24 heavy (non-hydrogen) atoms. The molecule has 0 saturated carbocycles. The highest BCUT2D eigenvalue weighted by Gasteiger charge is 2.33. The van der Waals surface area contributed by atoms with Crippen LogP contribution in [0.4, 0.5) is 4.79 Å². The zero-order valence-electron chi connectivity index (χ0n) is 12.9. The number of carbonyl (C=O) groups is 2. The van der Waals surface area contributed by atoms with E-state index in [4.69, 9.17) is 9.26 Å². The fourth-order valence-electron chi connectivity index (χ4n) is 2.93. The normalized spacial score (nSPS) is 20.7. The molecule has 126 valence electrons. The highest BCUT2D eigenvalue weighted by Crippen LogP contribution is 2.28. The Bertz CT molecular complexity index is 745. The van der Waals surface area contributed by atoms with Crippen molar-refractivity contribution < 1.29 is 18.8 Å². The summed E-state index contributed by atoms with van der Waals surface area (Å²) >= 11 is 1.57. The van der Waals surface area contributed by atoms with E-state index in [1.165, 1.54) is 4.90 Å². The third-order valence-corrected chi connectivity index (χ3v) is 4.97. The van der Waals surface area contributed by atoms with Gasteiger partial charge < -0.3 is 14.2 Å². The summed E-state index contributed by atoms with van der Waals surface area (Å²) in [6.07, 6.45) is 0.372. The van der Waals surface area contributed by atoms with E-state index in [0.717, 1.165) is 12.0 Å². The van der Waals surface area contributed by atoms with Gasteiger partial charge in [-0.15, -0.1) is 0 Å². The maximum Gasteiger partial charge on any atom is 0.410 e. The summed E-state index contributed by atoms with van der Waals surface area (Å²) in [6, 6.07) is 1.93. The van der Waals surface area contributed by atoms with Gasteiger partial charge in [0.15, 0.2) is 5.82 Å². The SMILES string of the molecule is O=C(CN1CCOC1=O)N1CCC(c2noc(-c3ccsc3)n2)C1. The van der Waals surface area contributed by atoms with E-state index in [1.54, 1.807) is 16.2 Å². The van der Waals surface area contributed by atoms with Crippen molar-refractivity contribution in [2.24, 2.45) is 0 Å². The van der Waals surface area contributed by atoms with Gasteiger partial charge in [-0.3, -0.25) is 9.69 Å². The molecule has 8 nitrogen and oxygen atoms in total. The molecule has 0 aliphatic carbocycles. The number of rotatable bonds is 4. The summed E-state index contributed by atoms with van der Waals surface area (Å²) in [5.74, 6) is 1.14. The third kappa shape index (κ3) is 2.86. The van der Waals surface area contributed by atoms with E-state index in [2.05, 4.69) is 10.1 Å². The van der Waals surface area contributed by atoms with Crippen molar-refractivity contribution in [2.75, 3.05) is 32.8 Å². The van der Waals surface area contributed by atoms with Gasteiger partial charge in [-0.1, -0.05) is 5.16 Å². The molecule has 0 bridgehead atoms. The molecule has 9 heteroatoms. The van der Waals surface area contributed by atoms with Crippen LogP contribution in [-0.4, -0.2) is 64.7 Å². The van der Waals surface area contributed by atoms with Crippen LogP contribution in [0.1, 0.15) is 18.2 Å². The molecular weight excluding hydrogens is 332 g/mol. The maximum atomic E-state index is 12.3. The Morgan fingerprint density at radius 2 is 2.33 bits per heavy atom. The van der Waals surface area contributed by atoms with Crippen LogP contribution in [0.5, 0.6) is 0 Å². The minimum Gasteiger partial charge on any atom is -0.448 e. The Balaban J connectivity index is 1.38. The second-order valence-electron chi connectivity index (χ2n) is 5.83. The molecule has 1 unspecified atom stereocenters. The van der Waals surface area contributed by atoms with Gasteiger partial charge in [0.1, 0.15) is 13.2 Å². The average molecular weight is 348 g/mol. The highest BCUT2D eigenvalue weighted by molar-refractivity contribution is 7.08. The monoisotopic (exact) mass is 348 g/mol. The first-order chi connectivity index (χ1) is 11.7. The lowest BCUT2D eigenvalue weighted by molar-refractivity contribution is -0.130. The quantitative estimate of drug-likeness (QED) is 0.833. The predicted octanol–water partition coefficient (Wildman–Crippen LogP) is 1.57. The molecule has 2 amide bonds. The standard InChI is InChI=1S/C15H16N4O4S/c20-12(8-19-4-5-22-15(19)21)18-3-1-10(7-18)13-16-14(23-17-13)11-2-6-24-9-11/h2,6,9-10H,1,3-5,7-8H2. The molecule has 4 rings (SSSR count). The van der Waals surface area contributed by atoms with Crippen LogP contribution in [0, 0.1) is 0 Å². The minimum atomic E-state index is -0.419. The molecule has 2 aromatic rings. The number of thiophene rings is 1. The van der Waals surface area contributed by atoms with Crippen LogP contribution in [-0.2, 0) is 9.53 Å². The maximum absolute atomic E-state index is 12.3. The van der Waals surface area contributed by atoms with E-state index in [-0.39, 0.29) is 18.4 Å². The van der Waals surface area contributed by atoms with E-state index in [0.29, 0.717) is 38.0 Å². The van der Waals surface area contributed by atoms with Crippen LogP contribution in [0.25, 0.3) is 11.5 Å². The van der Waals surface area contributed by atoms with Gasteiger partial charge >= 0.3 is 6.09 Å². The van der Waals surface area contributed by atoms with Gasteiger partial charge in [-0.05, 0) is 17.9 Å². The molecule has 2 aliphatic heterocycles. The Morgan fingerprint density at radius 3 is 3.08 bits per heavy atom. The summed E-state index contributed by atoms with van der Waals surface area (Å²) in [5.41, 5.74) is 0.914. The van der Waals surface area contributed by atoms with Gasteiger partial charge in [-0.25, -0.2) is 4.79 Å². The Morgan fingerprint density at radius 1 is 1.42 bits per heavy atom. The minimum absolute atomic E-state index is 0.0654. The Hall–Kier alpha value is -2.42. The van der Waals surface area contributed by atoms with Gasteiger partial charge in [0.2, 0.25) is 5.91 Å².